The standard InChI is InChI=1S/C22H42O7S.3Na.3H/c1-2-3-4-5-6-7-8-9-10-11-12-13-14-15-16-17-18-19(21(23)24)20(22(25)26)30(27,28)29;;;;;;/h19-20H,2-18H2,1H3,(H,23,24)(H,25,26)(H,27,28,29);;;;;;. The van der Waals surface area contributed by atoms with Crippen LogP contribution in [0.2, 0.25) is 0 Å². The van der Waals surface area contributed by atoms with Gasteiger partial charge in [0, 0.05) is 0 Å². The molecule has 0 rings (SSSR count). The van der Waals surface area contributed by atoms with Crippen molar-refractivity contribution in [1.82, 2.24) is 0 Å². The Morgan fingerprint density at radius 2 is 0.909 bits per heavy atom. The Labute approximate surface area is 267 Å². The molecule has 0 heterocycles. The van der Waals surface area contributed by atoms with Crippen LogP contribution in [0.1, 0.15) is 116 Å². The molecule has 0 bridgehead atoms. The molecule has 0 aliphatic rings. The zero-order valence-corrected chi connectivity index (χ0v) is 19.4. The zero-order valence-electron chi connectivity index (χ0n) is 18.6. The monoisotopic (exact) mass is 522 g/mol. The van der Waals surface area contributed by atoms with E-state index in [1.54, 1.807) is 0 Å². The Morgan fingerprint density at radius 1 is 0.606 bits per heavy atom. The van der Waals surface area contributed by atoms with Gasteiger partial charge < -0.3 is 10.2 Å². The van der Waals surface area contributed by atoms with Crippen LogP contribution in [0.25, 0.3) is 0 Å². The van der Waals surface area contributed by atoms with Crippen molar-refractivity contribution >= 4 is 111 Å². The number of hydrogen-bond donors (Lipinski definition) is 3. The van der Waals surface area contributed by atoms with Gasteiger partial charge in [-0.1, -0.05) is 110 Å². The van der Waals surface area contributed by atoms with Crippen molar-refractivity contribution in [2.75, 3.05) is 0 Å². The SMILES string of the molecule is CCCCCCCCCCCCCCCCCCC(C(=O)O)C(C(=O)O)S(=O)(=O)O.[NaH].[NaH].[NaH]. The summed E-state index contributed by atoms with van der Waals surface area (Å²) in [7, 11) is -4.96. The molecule has 0 radical (unpaired) electrons. The van der Waals surface area contributed by atoms with Crippen LogP contribution >= 0.6 is 0 Å². The van der Waals surface area contributed by atoms with Gasteiger partial charge in [0.15, 0.2) is 5.25 Å². The number of hydrogen-bond acceptors (Lipinski definition) is 4. The minimum absolute atomic E-state index is 0. The van der Waals surface area contributed by atoms with E-state index >= 15 is 0 Å². The molecular formula is C22H45Na3O7S. The summed E-state index contributed by atoms with van der Waals surface area (Å²) >= 11 is 0. The first-order valence-corrected chi connectivity index (χ1v) is 13.1. The molecule has 0 amide bonds. The third-order valence-electron chi connectivity index (χ3n) is 5.62. The molecule has 0 aromatic carbocycles. The summed E-state index contributed by atoms with van der Waals surface area (Å²) in [4.78, 5) is 22.3. The maximum absolute atomic E-state index is 11.2. The molecule has 33 heavy (non-hydrogen) atoms. The predicted molar refractivity (Wildman–Crippen MR) is 140 cm³/mol. The summed E-state index contributed by atoms with van der Waals surface area (Å²) in [6, 6.07) is 0. The van der Waals surface area contributed by atoms with E-state index in [2.05, 4.69) is 6.92 Å². The number of carbonyl (C=O) groups is 2. The van der Waals surface area contributed by atoms with Crippen LogP contribution in [-0.4, -0.2) is 129 Å². The van der Waals surface area contributed by atoms with Crippen LogP contribution in [0.5, 0.6) is 0 Å². The Bertz CT molecular complexity index is 574. The fourth-order valence-electron chi connectivity index (χ4n) is 3.82. The molecule has 0 saturated carbocycles. The second kappa shape index (κ2) is 26.9. The van der Waals surface area contributed by atoms with Gasteiger partial charge in [0.2, 0.25) is 0 Å². The Kier molecular flexibility index (Phi) is 34.2. The fourth-order valence-corrected chi connectivity index (χ4v) is 4.75. The summed E-state index contributed by atoms with van der Waals surface area (Å²) in [5.41, 5.74) is 0. The Balaban J connectivity index is -0.00000140. The van der Waals surface area contributed by atoms with E-state index in [0.29, 0.717) is 6.42 Å². The van der Waals surface area contributed by atoms with Gasteiger partial charge in [0.05, 0.1) is 5.92 Å². The van der Waals surface area contributed by atoms with Crippen molar-refractivity contribution < 1.29 is 32.8 Å². The number of aliphatic carboxylic acids is 2. The van der Waals surface area contributed by atoms with Gasteiger partial charge in [0.1, 0.15) is 0 Å². The first-order valence-electron chi connectivity index (χ1n) is 11.6. The summed E-state index contributed by atoms with van der Waals surface area (Å²) in [5.74, 6) is -4.98. The third kappa shape index (κ3) is 24.0. The molecule has 0 aliphatic heterocycles. The van der Waals surface area contributed by atoms with Crippen molar-refractivity contribution in [2.24, 2.45) is 5.92 Å². The number of carboxylic acids is 2. The summed E-state index contributed by atoms with van der Waals surface area (Å²) in [6.45, 7) is 2.24. The normalized spacial score (nSPS) is 12.5. The fraction of sp³-hybridized carbons (Fsp3) is 0.909. The van der Waals surface area contributed by atoms with Gasteiger partial charge in [-0.2, -0.15) is 8.42 Å². The van der Waals surface area contributed by atoms with E-state index in [0.717, 1.165) is 25.7 Å². The quantitative estimate of drug-likeness (QED) is 0.119. The van der Waals surface area contributed by atoms with E-state index in [9.17, 15) is 18.0 Å². The molecule has 0 fully saturated rings. The summed E-state index contributed by atoms with van der Waals surface area (Å²) in [6.07, 6.45) is 18.6. The molecule has 0 aromatic heterocycles. The summed E-state index contributed by atoms with van der Waals surface area (Å²) < 4.78 is 31.4. The molecule has 2 atom stereocenters. The van der Waals surface area contributed by atoms with Crippen LogP contribution < -0.4 is 0 Å². The van der Waals surface area contributed by atoms with Crippen LogP contribution in [0.4, 0.5) is 0 Å². The van der Waals surface area contributed by atoms with E-state index < -0.39 is 33.2 Å². The van der Waals surface area contributed by atoms with Gasteiger partial charge in [-0.25, -0.2) is 0 Å². The third-order valence-corrected chi connectivity index (χ3v) is 6.79. The van der Waals surface area contributed by atoms with Crippen LogP contribution in [0, 0.1) is 5.92 Å². The molecule has 0 aliphatic carbocycles. The van der Waals surface area contributed by atoms with E-state index in [-0.39, 0.29) is 95.1 Å². The topological polar surface area (TPSA) is 129 Å². The number of carboxylic acid groups (broad SMARTS) is 2. The van der Waals surface area contributed by atoms with Crippen molar-refractivity contribution in [1.29, 1.82) is 0 Å². The van der Waals surface area contributed by atoms with Crippen LogP contribution in [-0.2, 0) is 19.7 Å². The van der Waals surface area contributed by atoms with Crippen LogP contribution in [0.3, 0.4) is 0 Å². The minimum atomic E-state index is -4.96. The second-order valence-electron chi connectivity index (χ2n) is 8.31. The summed E-state index contributed by atoms with van der Waals surface area (Å²) in [5, 5.41) is 15.8. The maximum atomic E-state index is 11.2. The van der Waals surface area contributed by atoms with Gasteiger partial charge in [-0.05, 0) is 6.42 Å². The molecule has 0 aromatic rings. The Hall–Kier alpha value is 1.85. The molecule has 7 nitrogen and oxygen atoms in total. The predicted octanol–water partition coefficient (Wildman–Crippen LogP) is 3.73. The molecule has 2 unspecified atom stereocenters. The Morgan fingerprint density at radius 3 is 1.15 bits per heavy atom. The van der Waals surface area contributed by atoms with Crippen LogP contribution in [0.15, 0.2) is 0 Å². The van der Waals surface area contributed by atoms with Crippen molar-refractivity contribution in [3.05, 3.63) is 0 Å². The number of rotatable bonds is 21. The van der Waals surface area contributed by atoms with E-state index in [1.165, 1.54) is 70.6 Å². The molecule has 184 valence electrons. The first kappa shape index (κ1) is 42.0. The number of unbranched alkanes of at least 4 members (excludes halogenated alkanes) is 15. The molecule has 0 saturated heterocycles. The van der Waals surface area contributed by atoms with Crippen molar-refractivity contribution in [3.8, 4) is 0 Å². The van der Waals surface area contributed by atoms with Crippen molar-refractivity contribution in [3.63, 3.8) is 0 Å². The molecular weight excluding hydrogens is 477 g/mol. The zero-order chi connectivity index (χ0) is 22.8. The molecule has 11 heteroatoms. The molecule has 0 spiro atoms. The first-order chi connectivity index (χ1) is 14.2. The van der Waals surface area contributed by atoms with Gasteiger partial charge in [-0.3, -0.25) is 14.1 Å². The average Bonchev–Trinajstić information content (AvgIpc) is 2.65. The van der Waals surface area contributed by atoms with Gasteiger partial charge in [0.25, 0.3) is 10.1 Å². The van der Waals surface area contributed by atoms with Crippen molar-refractivity contribution in [2.45, 2.75) is 121 Å². The van der Waals surface area contributed by atoms with Gasteiger partial charge in [-0.15, -0.1) is 0 Å². The molecule has 3 N–H and O–H groups in total. The van der Waals surface area contributed by atoms with E-state index in [1.807, 2.05) is 0 Å². The average molecular weight is 523 g/mol. The second-order valence-corrected chi connectivity index (χ2v) is 9.85. The van der Waals surface area contributed by atoms with E-state index in [4.69, 9.17) is 14.8 Å². The van der Waals surface area contributed by atoms with Gasteiger partial charge >= 0.3 is 101 Å².